The second kappa shape index (κ2) is 14.3. The molecular formula is C36H45Cl2N5O3. The third-order valence-corrected chi connectivity index (χ3v) is 9.37. The van der Waals surface area contributed by atoms with E-state index in [0.29, 0.717) is 55.1 Å². The molecule has 2 amide bonds. The molecule has 2 aliphatic heterocycles. The molecule has 0 bridgehead atoms. The van der Waals surface area contributed by atoms with Gasteiger partial charge in [0, 0.05) is 61.8 Å². The molecule has 2 fully saturated rings. The van der Waals surface area contributed by atoms with Crippen molar-refractivity contribution in [1.29, 1.82) is 0 Å². The van der Waals surface area contributed by atoms with Crippen LogP contribution in [-0.4, -0.2) is 67.5 Å². The fourth-order valence-corrected chi connectivity index (χ4v) is 6.59. The predicted molar refractivity (Wildman–Crippen MR) is 184 cm³/mol. The van der Waals surface area contributed by atoms with E-state index >= 15 is 4.79 Å². The minimum atomic E-state index is -1.30. The molecule has 10 heteroatoms. The quantitative estimate of drug-likeness (QED) is 0.268. The van der Waals surface area contributed by atoms with Gasteiger partial charge >= 0.3 is 0 Å². The third-order valence-electron chi connectivity index (χ3n) is 8.87. The molecule has 2 heterocycles. The first kappa shape index (κ1) is 34.2. The van der Waals surface area contributed by atoms with Crippen LogP contribution in [0.5, 0.6) is 5.75 Å². The number of nitrogens with zero attached hydrogens (tertiary/aromatic N) is 2. The summed E-state index contributed by atoms with van der Waals surface area (Å²) in [4.78, 5) is 30.6. The van der Waals surface area contributed by atoms with Crippen molar-refractivity contribution in [2.45, 2.75) is 57.8 Å². The van der Waals surface area contributed by atoms with Crippen molar-refractivity contribution in [1.82, 2.24) is 25.8 Å². The summed E-state index contributed by atoms with van der Waals surface area (Å²) in [6.07, 6.45) is 0. The van der Waals surface area contributed by atoms with E-state index in [4.69, 9.17) is 27.9 Å². The smallest absolute Gasteiger partial charge is 0.262 e. The van der Waals surface area contributed by atoms with Crippen molar-refractivity contribution in [3.63, 3.8) is 0 Å². The highest BCUT2D eigenvalue weighted by atomic mass is 35.5. The van der Waals surface area contributed by atoms with Crippen LogP contribution < -0.4 is 20.7 Å². The van der Waals surface area contributed by atoms with Gasteiger partial charge in [0.15, 0.2) is 5.66 Å². The van der Waals surface area contributed by atoms with Gasteiger partial charge in [0.25, 0.3) is 5.91 Å². The maximum absolute atomic E-state index is 15.1. The molecule has 0 spiro atoms. The molecule has 246 valence electrons. The molecule has 1 unspecified atom stereocenters. The fourth-order valence-electron chi connectivity index (χ4n) is 6.34. The number of carbonyl (C=O) groups is 2. The average Bonchev–Trinajstić information content (AvgIpc) is 3.43. The Morgan fingerprint density at radius 3 is 1.91 bits per heavy atom. The number of amides is 2. The second-order valence-electron chi connectivity index (χ2n) is 13.1. The SMILES string of the molecule is CCOc1cc(C(C)(C)C)ccc1C1(C(=O)N2CCN(CCNC(C)=O)CC2)N[C@H](c2ccc(Cl)cc2)[C@H](c2ccc(Cl)cc2)N1. The lowest BCUT2D eigenvalue weighted by Crippen LogP contribution is -2.62. The number of halogens is 2. The second-order valence-corrected chi connectivity index (χ2v) is 14.0. The van der Waals surface area contributed by atoms with E-state index in [1.807, 2.05) is 66.4 Å². The Bertz CT molecular complexity index is 1460. The highest BCUT2D eigenvalue weighted by Gasteiger charge is 2.54. The van der Waals surface area contributed by atoms with E-state index in [-0.39, 0.29) is 29.3 Å². The van der Waals surface area contributed by atoms with Crippen molar-refractivity contribution in [2.75, 3.05) is 45.9 Å². The van der Waals surface area contributed by atoms with Crippen LogP contribution in [0, 0.1) is 0 Å². The molecule has 0 radical (unpaired) electrons. The van der Waals surface area contributed by atoms with Gasteiger partial charge in [0.05, 0.1) is 18.7 Å². The highest BCUT2D eigenvalue weighted by molar-refractivity contribution is 6.30. The number of ether oxygens (including phenoxy) is 1. The van der Waals surface area contributed by atoms with Gasteiger partial charge in [-0.1, -0.05) is 80.4 Å². The van der Waals surface area contributed by atoms with Crippen molar-refractivity contribution in [3.8, 4) is 5.75 Å². The molecule has 0 saturated carbocycles. The molecule has 3 atom stereocenters. The van der Waals surface area contributed by atoms with Gasteiger partial charge in [-0.2, -0.15) is 0 Å². The van der Waals surface area contributed by atoms with Crippen molar-refractivity contribution >= 4 is 35.0 Å². The summed E-state index contributed by atoms with van der Waals surface area (Å²) in [6, 6.07) is 21.2. The number of nitrogens with one attached hydrogen (secondary N) is 3. The minimum absolute atomic E-state index is 0.0396. The van der Waals surface area contributed by atoms with Gasteiger partial charge in [-0.05, 0) is 59.4 Å². The first-order chi connectivity index (χ1) is 21.9. The van der Waals surface area contributed by atoms with Gasteiger partial charge in [0.1, 0.15) is 5.75 Å². The number of piperazine rings is 1. The van der Waals surface area contributed by atoms with Gasteiger partial charge in [-0.3, -0.25) is 25.1 Å². The van der Waals surface area contributed by atoms with Gasteiger partial charge < -0.3 is 15.0 Å². The van der Waals surface area contributed by atoms with Crippen LogP contribution in [0.15, 0.2) is 66.7 Å². The molecule has 0 aliphatic carbocycles. The maximum atomic E-state index is 15.1. The van der Waals surface area contributed by atoms with E-state index in [0.717, 1.165) is 28.8 Å². The van der Waals surface area contributed by atoms with Crippen LogP contribution in [0.1, 0.15) is 69.0 Å². The molecule has 2 saturated heterocycles. The molecule has 8 nitrogen and oxygen atoms in total. The Morgan fingerprint density at radius 2 is 1.43 bits per heavy atom. The predicted octanol–water partition coefficient (Wildman–Crippen LogP) is 5.80. The van der Waals surface area contributed by atoms with E-state index in [1.54, 1.807) is 0 Å². The highest BCUT2D eigenvalue weighted by Crippen LogP contribution is 2.45. The van der Waals surface area contributed by atoms with Gasteiger partial charge in [-0.15, -0.1) is 0 Å². The summed E-state index contributed by atoms with van der Waals surface area (Å²) < 4.78 is 6.31. The Hall–Kier alpha value is -3.14. The van der Waals surface area contributed by atoms with E-state index in [2.05, 4.69) is 53.8 Å². The molecule has 3 aromatic rings. The first-order valence-corrected chi connectivity index (χ1v) is 16.8. The minimum Gasteiger partial charge on any atom is -0.493 e. The zero-order chi connectivity index (χ0) is 33.1. The normalized spacial score (nSPS) is 22.1. The first-order valence-electron chi connectivity index (χ1n) is 16.0. The van der Waals surface area contributed by atoms with Crippen LogP contribution >= 0.6 is 23.2 Å². The summed E-state index contributed by atoms with van der Waals surface area (Å²) in [5, 5.41) is 11.8. The van der Waals surface area contributed by atoms with E-state index in [1.165, 1.54) is 6.92 Å². The van der Waals surface area contributed by atoms with Crippen molar-refractivity contribution in [3.05, 3.63) is 99.0 Å². The van der Waals surface area contributed by atoms with E-state index in [9.17, 15) is 4.79 Å². The standard InChI is InChI=1S/C36H45Cl2N5O3/c1-6-46-31-23-27(35(3,4)5)11-16-30(31)36(34(45)43-21-19-42(20-22-43)18-17-39-24(2)44)40-32(25-7-12-28(37)13-8-25)33(41-36)26-9-14-29(38)15-10-26/h7-16,23,32-33,40-41H,6,17-22H2,1-5H3,(H,39,44)/t32-,33+,36?. The van der Waals surface area contributed by atoms with Crippen LogP contribution in [0.2, 0.25) is 10.0 Å². The lowest BCUT2D eigenvalue weighted by molar-refractivity contribution is -0.141. The van der Waals surface area contributed by atoms with E-state index < -0.39 is 5.66 Å². The number of benzene rings is 3. The summed E-state index contributed by atoms with van der Waals surface area (Å²) >= 11 is 12.6. The molecule has 0 aromatic heterocycles. The summed E-state index contributed by atoms with van der Waals surface area (Å²) in [5.41, 5.74) is 2.46. The van der Waals surface area contributed by atoms with Crippen molar-refractivity contribution < 1.29 is 14.3 Å². The Morgan fingerprint density at radius 1 is 0.891 bits per heavy atom. The average molecular weight is 667 g/mol. The van der Waals surface area contributed by atoms with Crippen LogP contribution in [0.25, 0.3) is 0 Å². The Labute approximate surface area is 282 Å². The number of carbonyl (C=O) groups excluding carboxylic acids is 2. The number of hydrogen-bond donors (Lipinski definition) is 3. The molecule has 5 rings (SSSR count). The third kappa shape index (κ3) is 7.53. The Balaban J connectivity index is 1.58. The zero-order valence-corrected chi connectivity index (χ0v) is 28.8. The largest absolute Gasteiger partial charge is 0.493 e. The van der Waals surface area contributed by atoms with Gasteiger partial charge in [0.2, 0.25) is 5.91 Å². The Kier molecular flexibility index (Phi) is 10.6. The van der Waals surface area contributed by atoms with Crippen molar-refractivity contribution in [2.24, 2.45) is 0 Å². The molecular weight excluding hydrogens is 621 g/mol. The summed E-state index contributed by atoms with van der Waals surface area (Å²) in [7, 11) is 0. The molecule has 2 aliphatic rings. The van der Waals surface area contributed by atoms with Gasteiger partial charge in [-0.25, -0.2) is 0 Å². The lowest BCUT2D eigenvalue weighted by Gasteiger charge is -2.41. The number of rotatable bonds is 9. The van der Waals surface area contributed by atoms with Crippen LogP contribution in [0.4, 0.5) is 0 Å². The lowest BCUT2D eigenvalue weighted by atomic mass is 9.84. The molecule has 46 heavy (non-hydrogen) atoms. The van der Waals surface area contributed by atoms with Crippen LogP contribution in [-0.2, 0) is 20.7 Å². The molecule has 3 aromatic carbocycles. The monoisotopic (exact) mass is 665 g/mol. The summed E-state index contributed by atoms with van der Waals surface area (Å²) in [5.74, 6) is 0.569. The topological polar surface area (TPSA) is 85.9 Å². The zero-order valence-electron chi connectivity index (χ0n) is 27.3. The number of hydrogen-bond acceptors (Lipinski definition) is 6. The molecule has 3 N–H and O–H groups in total. The summed E-state index contributed by atoms with van der Waals surface area (Å²) in [6.45, 7) is 14.3. The van der Waals surface area contributed by atoms with Crippen LogP contribution in [0.3, 0.4) is 0 Å². The fraction of sp³-hybridized carbons (Fsp3) is 0.444. The maximum Gasteiger partial charge on any atom is 0.262 e.